The lowest BCUT2D eigenvalue weighted by molar-refractivity contribution is 0.204. The van der Waals surface area contributed by atoms with E-state index in [1.165, 1.54) is 7.11 Å². The van der Waals surface area contributed by atoms with Crippen LogP contribution >= 0.6 is 0 Å². The van der Waals surface area contributed by atoms with Gasteiger partial charge in [-0.05, 0) is 6.42 Å². The summed E-state index contributed by atoms with van der Waals surface area (Å²) in [6.07, 6.45) is 0.770. The number of hydrogen-bond donors (Lipinski definition) is 3. The number of ether oxygens (including phenoxy) is 1. The first kappa shape index (κ1) is 12.9. The first-order valence-electron chi connectivity index (χ1n) is 4.88. The van der Waals surface area contributed by atoms with E-state index in [-0.39, 0.29) is 12.4 Å². The summed E-state index contributed by atoms with van der Waals surface area (Å²) in [6.45, 7) is 2.49. The van der Waals surface area contributed by atoms with E-state index in [4.69, 9.17) is 4.74 Å². The average molecular weight is 248 g/mol. The maximum Gasteiger partial charge on any atom is 0.300 e. The second-order valence-corrected chi connectivity index (χ2v) is 4.62. The van der Waals surface area contributed by atoms with Crippen molar-refractivity contribution < 1.29 is 13.2 Å². The highest BCUT2D eigenvalue weighted by molar-refractivity contribution is 7.90. The van der Waals surface area contributed by atoms with Crippen LogP contribution in [0.3, 0.4) is 0 Å². The van der Waals surface area contributed by atoms with Crippen LogP contribution in [0.2, 0.25) is 0 Å². The number of nitrogens with zero attached hydrogens (tertiary/aromatic N) is 1. The summed E-state index contributed by atoms with van der Waals surface area (Å²) < 4.78 is 32.2. The molecule has 0 saturated heterocycles. The van der Waals surface area contributed by atoms with E-state index in [9.17, 15) is 8.42 Å². The summed E-state index contributed by atoms with van der Waals surface area (Å²) in [7, 11) is -2.06. The standard InChI is InChI=1S/C8H16N4O3S/c1-3-7-6-8(11-10-7)12-16(13,14)9-4-5-15-2/h6,9H,3-5H2,1-2H3,(H2,10,11,12). The largest absolute Gasteiger partial charge is 0.383 e. The molecule has 0 spiro atoms. The fourth-order valence-corrected chi connectivity index (χ4v) is 1.85. The van der Waals surface area contributed by atoms with Crippen LogP contribution in [0.5, 0.6) is 0 Å². The zero-order valence-electron chi connectivity index (χ0n) is 9.28. The van der Waals surface area contributed by atoms with Crippen molar-refractivity contribution in [2.24, 2.45) is 0 Å². The van der Waals surface area contributed by atoms with Gasteiger partial charge in [-0.3, -0.25) is 9.82 Å². The highest BCUT2D eigenvalue weighted by Crippen LogP contribution is 2.06. The van der Waals surface area contributed by atoms with Crippen molar-refractivity contribution in [1.29, 1.82) is 0 Å². The molecule has 1 aromatic rings. The monoisotopic (exact) mass is 248 g/mol. The van der Waals surface area contributed by atoms with E-state index in [0.717, 1.165) is 12.1 Å². The molecule has 0 aliphatic rings. The smallest absolute Gasteiger partial charge is 0.300 e. The quantitative estimate of drug-likeness (QED) is 0.585. The maximum absolute atomic E-state index is 11.4. The molecule has 0 aliphatic heterocycles. The van der Waals surface area contributed by atoms with Crippen LogP contribution in [0, 0.1) is 0 Å². The zero-order chi connectivity index (χ0) is 12.0. The Kier molecular flexibility index (Phi) is 4.71. The maximum atomic E-state index is 11.4. The van der Waals surface area contributed by atoms with Gasteiger partial charge in [0.1, 0.15) is 0 Å². The predicted octanol–water partition coefficient (Wildman–Crippen LogP) is -0.135. The molecule has 0 atom stereocenters. The Balaban J connectivity index is 2.51. The first-order chi connectivity index (χ1) is 7.57. The first-order valence-corrected chi connectivity index (χ1v) is 6.36. The fraction of sp³-hybridized carbons (Fsp3) is 0.625. The molecule has 3 N–H and O–H groups in total. The van der Waals surface area contributed by atoms with Gasteiger partial charge in [0.25, 0.3) is 10.2 Å². The van der Waals surface area contributed by atoms with Gasteiger partial charge in [-0.25, -0.2) is 0 Å². The van der Waals surface area contributed by atoms with Gasteiger partial charge in [-0.15, -0.1) is 0 Å². The molecular formula is C8H16N4O3S. The number of rotatable bonds is 7. The number of hydrogen-bond acceptors (Lipinski definition) is 4. The summed E-state index contributed by atoms with van der Waals surface area (Å²) in [5.41, 5.74) is 0.870. The summed E-state index contributed by atoms with van der Waals surface area (Å²) >= 11 is 0. The van der Waals surface area contributed by atoms with E-state index < -0.39 is 10.2 Å². The second kappa shape index (κ2) is 5.83. The van der Waals surface area contributed by atoms with Gasteiger partial charge in [-0.1, -0.05) is 6.92 Å². The third kappa shape index (κ3) is 4.17. The molecule has 1 aromatic heterocycles. The Morgan fingerprint density at radius 3 is 2.88 bits per heavy atom. The van der Waals surface area contributed by atoms with E-state index in [2.05, 4.69) is 19.6 Å². The molecular weight excluding hydrogens is 232 g/mol. The molecule has 0 radical (unpaired) electrons. The van der Waals surface area contributed by atoms with Crippen LogP contribution in [0.15, 0.2) is 6.07 Å². The Labute approximate surface area is 94.8 Å². The number of H-pyrrole nitrogens is 1. The fourth-order valence-electron chi connectivity index (χ4n) is 1.05. The van der Waals surface area contributed by atoms with Crippen molar-refractivity contribution in [3.05, 3.63) is 11.8 Å². The van der Waals surface area contributed by atoms with Gasteiger partial charge in [0.15, 0.2) is 5.82 Å². The number of anilines is 1. The normalized spacial score (nSPS) is 11.6. The summed E-state index contributed by atoms with van der Waals surface area (Å²) in [5, 5.41) is 6.53. The highest BCUT2D eigenvalue weighted by Gasteiger charge is 2.10. The molecule has 0 aliphatic carbocycles. The van der Waals surface area contributed by atoms with E-state index in [0.29, 0.717) is 6.61 Å². The van der Waals surface area contributed by atoms with Crippen LogP contribution in [0.25, 0.3) is 0 Å². The minimum absolute atomic E-state index is 0.219. The van der Waals surface area contributed by atoms with E-state index in [1.54, 1.807) is 6.07 Å². The second-order valence-electron chi connectivity index (χ2n) is 3.12. The Morgan fingerprint density at radius 2 is 2.31 bits per heavy atom. The van der Waals surface area contributed by atoms with Crippen LogP contribution in [0.4, 0.5) is 5.82 Å². The topological polar surface area (TPSA) is 96.1 Å². The number of nitrogens with one attached hydrogen (secondary N) is 3. The van der Waals surface area contributed by atoms with Crippen molar-refractivity contribution in [2.45, 2.75) is 13.3 Å². The van der Waals surface area contributed by atoms with Gasteiger partial charge in [0.05, 0.1) is 6.61 Å². The van der Waals surface area contributed by atoms with Crippen LogP contribution in [-0.4, -0.2) is 38.9 Å². The molecule has 0 aromatic carbocycles. The lowest BCUT2D eigenvalue weighted by atomic mass is 10.3. The summed E-state index contributed by atoms with van der Waals surface area (Å²) in [6, 6.07) is 1.65. The number of aryl methyl sites for hydroxylation is 1. The minimum atomic E-state index is -3.56. The van der Waals surface area contributed by atoms with Crippen molar-refractivity contribution in [2.75, 3.05) is 25.0 Å². The van der Waals surface area contributed by atoms with Crippen molar-refractivity contribution in [1.82, 2.24) is 14.9 Å². The zero-order valence-corrected chi connectivity index (χ0v) is 10.1. The van der Waals surface area contributed by atoms with Crippen LogP contribution in [0.1, 0.15) is 12.6 Å². The third-order valence-corrected chi connectivity index (χ3v) is 2.91. The number of aromatic amines is 1. The Hall–Kier alpha value is -1.12. The minimum Gasteiger partial charge on any atom is -0.383 e. The predicted molar refractivity (Wildman–Crippen MR) is 60.4 cm³/mol. The van der Waals surface area contributed by atoms with Gasteiger partial charge in [0, 0.05) is 25.4 Å². The summed E-state index contributed by atoms with van der Waals surface area (Å²) in [4.78, 5) is 0. The molecule has 92 valence electrons. The molecule has 0 fully saturated rings. The van der Waals surface area contributed by atoms with Gasteiger partial charge < -0.3 is 4.74 Å². The highest BCUT2D eigenvalue weighted by atomic mass is 32.2. The van der Waals surface area contributed by atoms with Crippen LogP contribution < -0.4 is 9.44 Å². The number of aromatic nitrogens is 2. The van der Waals surface area contributed by atoms with E-state index in [1.807, 2.05) is 6.92 Å². The molecule has 8 heteroatoms. The molecule has 0 saturated carbocycles. The lowest BCUT2D eigenvalue weighted by Crippen LogP contribution is -2.32. The molecule has 0 amide bonds. The number of methoxy groups -OCH3 is 1. The van der Waals surface area contributed by atoms with E-state index >= 15 is 0 Å². The van der Waals surface area contributed by atoms with Crippen molar-refractivity contribution in [3.8, 4) is 0 Å². The van der Waals surface area contributed by atoms with Crippen LogP contribution in [-0.2, 0) is 21.4 Å². The molecule has 1 rings (SSSR count). The molecule has 0 bridgehead atoms. The Morgan fingerprint density at radius 1 is 1.56 bits per heavy atom. The van der Waals surface area contributed by atoms with Gasteiger partial charge in [-0.2, -0.15) is 18.2 Å². The molecule has 16 heavy (non-hydrogen) atoms. The molecule has 1 heterocycles. The van der Waals surface area contributed by atoms with Crippen molar-refractivity contribution >= 4 is 16.0 Å². The summed E-state index contributed by atoms with van der Waals surface area (Å²) in [5.74, 6) is 0.279. The third-order valence-electron chi connectivity index (χ3n) is 1.85. The lowest BCUT2D eigenvalue weighted by Gasteiger charge is -2.05. The van der Waals surface area contributed by atoms with Gasteiger partial charge >= 0.3 is 0 Å². The molecule has 0 unspecified atom stereocenters. The van der Waals surface area contributed by atoms with Crippen molar-refractivity contribution in [3.63, 3.8) is 0 Å². The SMILES string of the molecule is CCc1cc(NS(=O)(=O)NCCOC)n[nH]1. The Bertz CT molecular complexity index is 415. The van der Waals surface area contributed by atoms with Gasteiger partial charge in [0.2, 0.25) is 0 Å². The molecule has 7 nitrogen and oxygen atoms in total. The average Bonchev–Trinajstić information content (AvgIpc) is 2.65.